The Hall–Kier alpha value is -0.840. The topological polar surface area (TPSA) is 52.0 Å². The number of nitrogens with zero attached hydrogens (tertiary/aromatic N) is 2. The second-order valence-electron chi connectivity index (χ2n) is 2.65. The van der Waals surface area contributed by atoms with Crippen molar-refractivity contribution in [2.45, 2.75) is 18.9 Å². The number of aryl methyl sites for hydroxylation is 1. The number of hydrogen-bond donors (Lipinski definition) is 0. The third kappa shape index (κ3) is 1.36. The van der Waals surface area contributed by atoms with Crippen LogP contribution < -0.4 is 0 Å². The molecule has 0 N–H and O–H groups in total. The molecule has 0 aliphatic heterocycles. The van der Waals surface area contributed by atoms with E-state index in [2.05, 4.69) is 4.98 Å². The van der Waals surface area contributed by atoms with Crippen LogP contribution in [0.2, 0.25) is 0 Å². The lowest BCUT2D eigenvalue weighted by atomic mass is 10.5. The van der Waals surface area contributed by atoms with Gasteiger partial charge in [-0.25, -0.2) is 13.4 Å². The van der Waals surface area contributed by atoms with Crippen LogP contribution in [-0.2, 0) is 16.9 Å². The Kier molecular flexibility index (Phi) is 2.23. The molecule has 0 fully saturated rings. The molecule has 4 nitrogen and oxygen atoms in total. The zero-order valence-corrected chi connectivity index (χ0v) is 8.22. The molecule has 0 spiro atoms. The fraction of sp³-hybridized carbons (Fsp3) is 0.571. The van der Waals surface area contributed by atoms with Crippen molar-refractivity contribution in [1.29, 1.82) is 0 Å². The fourth-order valence-electron chi connectivity index (χ4n) is 0.912. The van der Waals surface area contributed by atoms with E-state index in [1.807, 2.05) is 0 Å². The van der Waals surface area contributed by atoms with Gasteiger partial charge in [0.05, 0.1) is 17.8 Å². The molecule has 1 rings (SSSR count). The zero-order valence-electron chi connectivity index (χ0n) is 7.40. The normalized spacial score (nSPS) is 11.9. The molecule has 0 saturated heterocycles. The molecule has 0 aliphatic rings. The highest BCUT2D eigenvalue weighted by Crippen LogP contribution is 2.12. The second kappa shape index (κ2) is 2.90. The smallest absolute Gasteiger partial charge is 0.197 e. The van der Waals surface area contributed by atoms with E-state index in [-0.39, 0.29) is 10.8 Å². The number of sulfone groups is 1. The van der Waals surface area contributed by atoms with Crippen molar-refractivity contribution in [3.63, 3.8) is 0 Å². The maximum atomic E-state index is 11.4. The van der Waals surface area contributed by atoms with Crippen LogP contribution >= 0.6 is 0 Å². The highest BCUT2D eigenvalue weighted by Gasteiger charge is 2.17. The van der Waals surface area contributed by atoms with E-state index in [1.54, 1.807) is 25.5 Å². The van der Waals surface area contributed by atoms with Gasteiger partial charge in [0.1, 0.15) is 0 Å². The molecule has 0 saturated carbocycles. The average molecular weight is 188 g/mol. The van der Waals surface area contributed by atoms with Crippen LogP contribution in [0.3, 0.4) is 0 Å². The van der Waals surface area contributed by atoms with Gasteiger partial charge in [-0.15, -0.1) is 0 Å². The largest absolute Gasteiger partial charge is 0.337 e. The third-order valence-electron chi connectivity index (χ3n) is 1.86. The summed E-state index contributed by atoms with van der Waals surface area (Å²) in [5.74, 6) is 0.102. The minimum absolute atomic E-state index is 0.102. The van der Waals surface area contributed by atoms with E-state index in [0.717, 1.165) is 0 Å². The molecule has 0 atom stereocenters. The first-order valence-electron chi connectivity index (χ1n) is 3.69. The predicted molar refractivity (Wildman–Crippen MR) is 45.7 cm³/mol. The Bertz CT molecular complexity index is 378. The molecule has 5 heteroatoms. The molecule has 1 aromatic heterocycles. The average Bonchev–Trinajstić information content (AvgIpc) is 2.33. The van der Waals surface area contributed by atoms with Gasteiger partial charge in [0.25, 0.3) is 0 Å². The lowest BCUT2D eigenvalue weighted by molar-refractivity contribution is 0.593. The Labute approximate surface area is 72.2 Å². The summed E-state index contributed by atoms with van der Waals surface area (Å²) in [7, 11) is -1.37. The minimum atomic E-state index is -3.14. The van der Waals surface area contributed by atoms with Gasteiger partial charge in [0.2, 0.25) is 0 Å². The summed E-state index contributed by atoms with van der Waals surface area (Å²) in [6, 6.07) is 0. The van der Waals surface area contributed by atoms with Crippen molar-refractivity contribution in [3.05, 3.63) is 12.0 Å². The van der Waals surface area contributed by atoms with Crippen LogP contribution in [0.15, 0.2) is 11.4 Å². The van der Waals surface area contributed by atoms with Gasteiger partial charge in [0.15, 0.2) is 14.9 Å². The number of rotatable bonds is 2. The molecule has 0 amide bonds. The van der Waals surface area contributed by atoms with Gasteiger partial charge in [-0.1, -0.05) is 6.92 Å². The summed E-state index contributed by atoms with van der Waals surface area (Å²) < 4.78 is 24.4. The molecule has 1 aromatic rings. The van der Waals surface area contributed by atoms with Gasteiger partial charge in [-0.3, -0.25) is 0 Å². The summed E-state index contributed by atoms with van der Waals surface area (Å²) in [6.07, 6.45) is 1.51. The zero-order chi connectivity index (χ0) is 9.35. The summed E-state index contributed by atoms with van der Waals surface area (Å²) in [5.41, 5.74) is 0.692. The molecular weight excluding hydrogens is 176 g/mol. The SMILES string of the molecule is CCS(=O)(=O)c1ncn(C)c1C. The van der Waals surface area contributed by atoms with Gasteiger partial charge in [0, 0.05) is 7.05 Å². The highest BCUT2D eigenvalue weighted by molar-refractivity contribution is 7.91. The molecule has 12 heavy (non-hydrogen) atoms. The van der Waals surface area contributed by atoms with E-state index in [4.69, 9.17) is 0 Å². The maximum Gasteiger partial charge on any atom is 0.197 e. The monoisotopic (exact) mass is 188 g/mol. The van der Waals surface area contributed by atoms with Crippen LogP contribution in [0.1, 0.15) is 12.6 Å². The van der Waals surface area contributed by atoms with Gasteiger partial charge in [-0.2, -0.15) is 0 Å². The highest BCUT2D eigenvalue weighted by atomic mass is 32.2. The van der Waals surface area contributed by atoms with Gasteiger partial charge in [-0.05, 0) is 6.92 Å². The third-order valence-corrected chi connectivity index (χ3v) is 3.61. The maximum absolute atomic E-state index is 11.4. The second-order valence-corrected chi connectivity index (χ2v) is 4.84. The Morgan fingerprint density at radius 3 is 2.50 bits per heavy atom. The van der Waals surface area contributed by atoms with E-state index >= 15 is 0 Å². The lowest BCUT2D eigenvalue weighted by Crippen LogP contribution is -2.06. The predicted octanol–water partition coefficient (Wildman–Crippen LogP) is 0.522. The van der Waals surface area contributed by atoms with Crippen molar-refractivity contribution in [2.75, 3.05) is 5.75 Å². The summed E-state index contributed by atoms with van der Waals surface area (Å²) in [4.78, 5) is 3.83. The van der Waals surface area contributed by atoms with E-state index in [0.29, 0.717) is 5.69 Å². The summed E-state index contributed by atoms with van der Waals surface area (Å²) >= 11 is 0. The molecule has 0 unspecified atom stereocenters. The van der Waals surface area contributed by atoms with Crippen molar-refractivity contribution in [2.24, 2.45) is 7.05 Å². The van der Waals surface area contributed by atoms with E-state index in [9.17, 15) is 8.42 Å². The fourth-order valence-corrected chi connectivity index (χ4v) is 1.99. The molecule has 0 aromatic carbocycles. The summed E-state index contributed by atoms with van der Waals surface area (Å²) in [5, 5.41) is 0.201. The first kappa shape index (κ1) is 9.25. The Morgan fingerprint density at radius 2 is 2.17 bits per heavy atom. The molecule has 0 bridgehead atoms. The van der Waals surface area contributed by atoms with Crippen molar-refractivity contribution in [3.8, 4) is 0 Å². The van der Waals surface area contributed by atoms with Crippen molar-refractivity contribution >= 4 is 9.84 Å². The first-order chi connectivity index (χ1) is 5.49. The van der Waals surface area contributed by atoms with Crippen LogP contribution in [0.4, 0.5) is 0 Å². The van der Waals surface area contributed by atoms with E-state index < -0.39 is 9.84 Å². The molecule has 0 aliphatic carbocycles. The van der Waals surface area contributed by atoms with Crippen molar-refractivity contribution in [1.82, 2.24) is 9.55 Å². The van der Waals surface area contributed by atoms with Crippen LogP contribution in [0.5, 0.6) is 0 Å². The summed E-state index contributed by atoms with van der Waals surface area (Å²) in [6.45, 7) is 3.36. The van der Waals surface area contributed by atoms with Crippen LogP contribution in [0.25, 0.3) is 0 Å². The van der Waals surface area contributed by atoms with Gasteiger partial charge >= 0.3 is 0 Å². The lowest BCUT2D eigenvalue weighted by Gasteiger charge is -1.98. The number of hydrogen-bond acceptors (Lipinski definition) is 3. The van der Waals surface area contributed by atoms with E-state index in [1.165, 1.54) is 6.33 Å². The molecule has 68 valence electrons. The van der Waals surface area contributed by atoms with Crippen LogP contribution in [-0.4, -0.2) is 23.7 Å². The molecule has 1 heterocycles. The Morgan fingerprint density at radius 1 is 1.58 bits per heavy atom. The molecule has 0 radical (unpaired) electrons. The first-order valence-corrected chi connectivity index (χ1v) is 5.35. The number of imidazole rings is 1. The standard InChI is InChI=1S/C7H12N2O2S/c1-4-12(10,11)7-6(2)9(3)5-8-7/h5H,4H2,1-3H3. The van der Waals surface area contributed by atoms with Crippen LogP contribution in [0, 0.1) is 6.92 Å². The van der Waals surface area contributed by atoms with Gasteiger partial charge < -0.3 is 4.57 Å². The Balaban J connectivity index is 3.30. The quantitative estimate of drug-likeness (QED) is 0.680. The number of aromatic nitrogens is 2. The minimum Gasteiger partial charge on any atom is -0.337 e. The van der Waals surface area contributed by atoms with Crippen molar-refractivity contribution < 1.29 is 8.42 Å². The molecular formula is C7H12N2O2S.